The lowest BCUT2D eigenvalue weighted by Gasteiger charge is -2.37. The number of amides is 1. The van der Waals surface area contributed by atoms with Crippen molar-refractivity contribution in [3.63, 3.8) is 0 Å². The molecule has 25 heavy (non-hydrogen) atoms. The Kier molecular flexibility index (Phi) is 5.45. The Bertz CT molecular complexity index is 713. The van der Waals surface area contributed by atoms with E-state index in [0.717, 1.165) is 56.7 Å². The maximum Gasteiger partial charge on any atom is 0.241 e. The number of carbonyl (C=O) groups excluding carboxylic acids is 1. The summed E-state index contributed by atoms with van der Waals surface area (Å²) in [6.07, 6.45) is 1.66. The Hall–Kier alpha value is -2.25. The van der Waals surface area contributed by atoms with Crippen LogP contribution in [0, 0.1) is 11.6 Å². The van der Waals surface area contributed by atoms with Gasteiger partial charge in [0.1, 0.15) is 17.4 Å². The van der Waals surface area contributed by atoms with E-state index in [-0.39, 0.29) is 11.6 Å². The number of anilines is 1. The van der Waals surface area contributed by atoms with Gasteiger partial charge in [-0.15, -0.1) is 0 Å². The number of benzene rings is 1. The predicted molar refractivity (Wildman–Crippen MR) is 90.0 cm³/mol. The van der Waals surface area contributed by atoms with Crippen LogP contribution in [-0.4, -0.2) is 47.9 Å². The molecule has 0 aliphatic carbocycles. The van der Waals surface area contributed by atoms with E-state index in [1.807, 2.05) is 17.0 Å². The molecule has 1 N–H and O–H groups in total. The van der Waals surface area contributed by atoms with E-state index in [4.69, 9.17) is 4.42 Å². The fraction of sp³-hybridized carbons (Fsp3) is 0.389. The maximum absolute atomic E-state index is 13.7. The Morgan fingerprint density at radius 1 is 1.24 bits per heavy atom. The molecule has 1 aromatic heterocycles. The van der Waals surface area contributed by atoms with Crippen LogP contribution in [0.4, 0.5) is 14.5 Å². The molecular weight excluding hydrogens is 328 g/mol. The molecular formula is C18H21F2N3O2. The maximum atomic E-state index is 13.7. The summed E-state index contributed by atoms with van der Waals surface area (Å²) in [4.78, 5) is 16.6. The summed E-state index contributed by atoms with van der Waals surface area (Å²) < 4.78 is 32.2. The van der Waals surface area contributed by atoms with Gasteiger partial charge >= 0.3 is 0 Å². The highest BCUT2D eigenvalue weighted by Gasteiger charge is 2.26. The second kappa shape index (κ2) is 7.76. The summed E-state index contributed by atoms with van der Waals surface area (Å²) in [7, 11) is 0. The number of piperazine rings is 1. The Morgan fingerprint density at radius 3 is 2.68 bits per heavy atom. The number of furan rings is 1. The molecule has 1 amide bonds. The molecule has 134 valence electrons. The minimum Gasteiger partial charge on any atom is -0.468 e. The third-order valence-electron chi connectivity index (χ3n) is 4.48. The smallest absolute Gasteiger partial charge is 0.241 e. The number of carbonyl (C=O) groups is 1. The molecule has 7 heteroatoms. The first-order chi connectivity index (χ1) is 12.0. The van der Waals surface area contributed by atoms with Gasteiger partial charge in [-0.1, -0.05) is 0 Å². The summed E-state index contributed by atoms with van der Waals surface area (Å²) >= 11 is 0. The summed E-state index contributed by atoms with van der Waals surface area (Å²) in [6.45, 7) is 5.59. The van der Waals surface area contributed by atoms with Gasteiger partial charge in [0.15, 0.2) is 0 Å². The molecule has 1 aromatic carbocycles. The summed E-state index contributed by atoms with van der Waals surface area (Å²) in [5.74, 6) is -0.661. The molecule has 0 bridgehead atoms. The van der Waals surface area contributed by atoms with Crippen molar-refractivity contribution >= 4 is 11.6 Å². The van der Waals surface area contributed by atoms with Crippen LogP contribution in [0.2, 0.25) is 0 Å². The number of halogens is 2. The second-order valence-corrected chi connectivity index (χ2v) is 6.18. The number of rotatable bonds is 5. The van der Waals surface area contributed by atoms with Gasteiger partial charge in [0.2, 0.25) is 5.91 Å². The lowest BCUT2D eigenvalue weighted by molar-refractivity contribution is -0.121. The van der Waals surface area contributed by atoms with Crippen LogP contribution in [0.5, 0.6) is 0 Å². The number of hydrogen-bond donors (Lipinski definition) is 1. The number of nitrogens with one attached hydrogen (secondary N) is 1. The van der Waals surface area contributed by atoms with Gasteiger partial charge in [0, 0.05) is 32.2 Å². The molecule has 0 saturated carbocycles. The SMILES string of the molecule is CC(C(=O)Nc1cc(F)ccc1F)N1CCN(Cc2ccco2)CC1. The molecule has 1 atom stereocenters. The van der Waals surface area contributed by atoms with Gasteiger partial charge in [0.05, 0.1) is 24.5 Å². The normalized spacial score (nSPS) is 17.4. The van der Waals surface area contributed by atoms with Crippen LogP contribution in [-0.2, 0) is 11.3 Å². The van der Waals surface area contributed by atoms with Crippen LogP contribution >= 0.6 is 0 Å². The molecule has 1 aliphatic rings. The van der Waals surface area contributed by atoms with E-state index >= 15 is 0 Å². The van der Waals surface area contributed by atoms with E-state index in [9.17, 15) is 13.6 Å². The standard InChI is InChI=1S/C18H21F2N3O2/c1-13(18(24)21-17-11-14(19)4-5-16(17)20)23-8-6-22(7-9-23)12-15-3-2-10-25-15/h2-5,10-11,13H,6-9,12H2,1H3,(H,21,24). The fourth-order valence-electron chi connectivity index (χ4n) is 2.93. The van der Waals surface area contributed by atoms with Gasteiger partial charge in [-0.25, -0.2) is 8.78 Å². The van der Waals surface area contributed by atoms with Crippen molar-refractivity contribution < 1.29 is 18.0 Å². The van der Waals surface area contributed by atoms with Crippen LogP contribution in [0.3, 0.4) is 0 Å². The first-order valence-electron chi connectivity index (χ1n) is 8.27. The van der Waals surface area contributed by atoms with Crippen LogP contribution in [0.1, 0.15) is 12.7 Å². The largest absolute Gasteiger partial charge is 0.468 e. The van der Waals surface area contributed by atoms with Gasteiger partial charge in [0.25, 0.3) is 0 Å². The van der Waals surface area contributed by atoms with Crippen LogP contribution < -0.4 is 5.32 Å². The lowest BCUT2D eigenvalue weighted by Crippen LogP contribution is -2.52. The Morgan fingerprint density at radius 2 is 2.00 bits per heavy atom. The highest BCUT2D eigenvalue weighted by molar-refractivity contribution is 5.94. The molecule has 1 unspecified atom stereocenters. The molecule has 5 nitrogen and oxygen atoms in total. The highest BCUT2D eigenvalue weighted by atomic mass is 19.1. The van der Waals surface area contributed by atoms with Crippen molar-refractivity contribution in [1.29, 1.82) is 0 Å². The number of hydrogen-bond acceptors (Lipinski definition) is 4. The van der Waals surface area contributed by atoms with Crippen LogP contribution in [0.15, 0.2) is 41.0 Å². The monoisotopic (exact) mass is 349 g/mol. The highest BCUT2D eigenvalue weighted by Crippen LogP contribution is 2.17. The van der Waals surface area contributed by atoms with Crippen molar-refractivity contribution in [3.8, 4) is 0 Å². The molecule has 2 heterocycles. The molecule has 1 fully saturated rings. The Balaban J connectivity index is 1.52. The molecule has 1 aliphatic heterocycles. The number of nitrogens with zero attached hydrogens (tertiary/aromatic N) is 2. The zero-order valence-electron chi connectivity index (χ0n) is 14.0. The van der Waals surface area contributed by atoms with Gasteiger partial charge in [-0.05, 0) is 31.2 Å². The van der Waals surface area contributed by atoms with E-state index in [2.05, 4.69) is 10.2 Å². The van der Waals surface area contributed by atoms with Crippen molar-refractivity contribution in [2.24, 2.45) is 0 Å². The van der Waals surface area contributed by atoms with Crippen molar-refractivity contribution in [1.82, 2.24) is 9.80 Å². The van der Waals surface area contributed by atoms with Crippen molar-refractivity contribution in [2.45, 2.75) is 19.5 Å². The van der Waals surface area contributed by atoms with Crippen LogP contribution in [0.25, 0.3) is 0 Å². The third kappa shape index (κ3) is 4.43. The zero-order chi connectivity index (χ0) is 17.8. The summed E-state index contributed by atoms with van der Waals surface area (Å²) in [5, 5.41) is 2.47. The quantitative estimate of drug-likeness (QED) is 0.902. The topological polar surface area (TPSA) is 48.7 Å². The van der Waals surface area contributed by atoms with E-state index in [1.165, 1.54) is 0 Å². The summed E-state index contributed by atoms with van der Waals surface area (Å²) in [6, 6.07) is 6.39. The predicted octanol–water partition coefficient (Wildman–Crippen LogP) is 2.70. The van der Waals surface area contributed by atoms with E-state index in [0.29, 0.717) is 0 Å². The average molecular weight is 349 g/mol. The molecule has 0 spiro atoms. The first-order valence-corrected chi connectivity index (χ1v) is 8.27. The fourth-order valence-corrected chi connectivity index (χ4v) is 2.93. The van der Waals surface area contributed by atoms with Gasteiger partial charge in [-0.2, -0.15) is 0 Å². The summed E-state index contributed by atoms with van der Waals surface area (Å²) in [5.41, 5.74) is -0.131. The van der Waals surface area contributed by atoms with E-state index < -0.39 is 17.7 Å². The lowest BCUT2D eigenvalue weighted by atomic mass is 10.2. The molecule has 3 rings (SSSR count). The minimum atomic E-state index is -0.648. The van der Waals surface area contributed by atoms with Crippen molar-refractivity contribution in [2.75, 3.05) is 31.5 Å². The van der Waals surface area contributed by atoms with E-state index in [1.54, 1.807) is 13.2 Å². The molecule has 0 radical (unpaired) electrons. The first kappa shape index (κ1) is 17.6. The third-order valence-corrected chi connectivity index (χ3v) is 4.48. The van der Waals surface area contributed by atoms with Gasteiger partial charge < -0.3 is 9.73 Å². The second-order valence-electron chi connectivity index (χ2n) is 6.18. The Labute approximate surface area is 145 Å². The molecule has 2 aromatic rings. The molecule has 1 saturated heterocycles. The zero-order valence-corrected chi connectivity index (χ0v) is 14.0. The van der Waals surface area contributed by atoms with Gasteiger partial charge in [-0.3, -0.25) is 14.6 Å². The van der Waals surface area contributed by atoms with Crippen molar-refractivity contribution in [3.05, 3.63) is 54.0 Å². The minimum absolute atomic E-state index is 0.131. The average Bonchev–Trinajstić information content (AvgIpc) is 3.11.